The molecule has 0 aromatic heterocycles. The number of halogens is 2. The number of nitrogens with zero attached hydrogens (tertiary/aromatic N) is 1. The quantitative estimate of drug-likeness (QED) is 0.599. The van der Waals surface area contributed by atoms with Crippen molar-refractivity contribution in [2.24, 2.45) is 0 Å². The van der Waals surface area contributed by atoms with Crippen LogP contribution in [0.2, 0.25) is 5.02 Å². The van der Waals surface area contributed by atoms with E-state index in [1.807, 2.05) is 14.1 Å². The Morgan fingerprint density at radius 1 is 1.44 bits per heavy atom. The van der Waals surface area contributed by atoms with Crippen LogP contribution in [-0.2, 0) is 0 Å². The molecule has 1 aromatic carbocycles. The molecule has 0 heterocycles. The summed E-state index contributed by atoms with van der Waals surface area (Å²) in [5.41, 5.74) is 0.748. The van der Waals surface area contributed by atoms with Crippen LogP contribution in [0.5, 0.6) is 0 Å². The first kappa shape index (κ1) is 12.7. The van der Waals surface area contributed by atoms with Crippen molar-refractivity contribution in [2.45, 2.75) is 6.92 Å². The Bertz CT molecular complexity index is 441. The summed E-state index contributed by atoms with van der Waals surface area (Å²) in [5.74, 6) is -1.05. The average Bonchev–Trinajstić information content (AvgIpc) is 2.21. The van der Waals surface area contributed by atoms with Gasteiger partial charge in [-0.05, 0) is 19.1 Å². The van der Waals surface area contributed by atoms with E-state index in [2.05, 4.69) is 0 Å². The Hall–Kier alpha value is -1.35. The molecular weight excluding hydrogens is 229 g/mol. The summed E-state index contributed by atoms with van der Waals surface area (Å²) in [6.45, 7) is 1.78. The van der Waals surface area contributed by atoms with Crippen molar-refractivity contribution in [3.05, 3.63) is 46.4 Å². The highest BCUT2D eigenvalue weighted by molar-refractivity contribution is 6.31. The number of ketones is 1. The van der Waals surface area contributed by atoms with Crippen molar-refractivity contribution in [1.29, 1.82) is 0 Å². The van der Waals surface area contributed by atoms with Gasteiger partial charge in [-0.15, -0.1) is 0 Å². The van der Waals surface area contributed by atoms with E-state index in [9.17, 15) is 9.18 Å². The lowest BCUT2D eigenvalue weighted by atomic mass is 10.1. The molecule has 0 saturated heterocycles. The first-order valence-corrected chi connectivity index (χ1v) is 5.15. The predicted octanol–water partition coefficient (Wildman–Crippen LogP) is 3.13. The summed E-state index contributed by atoms with van der Waals surface area (Å²) in [7, 11) is 3.63. The van der Waals surface area contributed by atoms with E-state index in [1.54, 1.807) is 17.9 Å². The summed E-state index contributed by atoms with van der Waals surface area (Å²) in [4.78, 5) is 13.5. The molecule has 86 valence electrons. The van der Waals surface area contributed by atoms with Crippen molar-refractivity contribution in [3.8, 4) is 0 Å². The van der Waals surface area contributed by atoms with Crippen LogP contribution in [0.4, 0.5) is 4.39 Å². The molecule has 1 aromatic rings. The molecule has 0 unspecified atom stereocenters. The smallest absolute Gasteiger partial charge is 0.190 e. The summed E-state index contributed by atoms with van der Waals surface area (Å²) in [6, 6.07) is 4.39. The third-order valence-electron chi connectivity index (χ3n) is 2.26. The van der Waals surface area contributed by atoms with Crippen molar-refractivity contribution in [3.63, 3.8) is 0 Å². The maximum Gasteiger partial charge on any atom is 0.190 e. The lowest BCUT2D eigenvalue weighted by Crippen LogP contribution is -2.10. The minimum Gasteiger partial charge on any atom is -0.381 e. The van der Waals surface area contributed by atoms with Crippen LogP contribution in [0.3, 0.4) is 0 Å². The van der Waals surface area contributed by atoms with Gasteiger partial charge in [0.05, 0.1) is 10.6 Å². The minimum absolute atomic E-state index is 0.00583. The molecule has 0 N–H and O–H groups in total. The van der Waals surface area contributed by atoms with Gasteiger partial charge >= 0.3 is 0 Å². The zero-order valence-electron chi connectivity index (χ0n) is 9.42. The molecule has 0 aliphatic carbocycles. The van der Waals surface area contributed by atoms with Gasteiger partial charge in [0.2, 0.25) is 0 Å². The summed E-state index contributed by atoms with van der Waals surface area (Å²) >= 11 is 5.60. The van der Waals surface area contributed by atoms with Gasteiger partial charge in [-0.25, -0.2) is 4.39 Å². The summed E-state index contributed by atoms with van der Waals surface area (Å²) < 4.78 is 13.5. The van der Waals surface area contributed by atoms with Gasteiger partial charge in [0.15, 0.2) is 11.6 Å². The maximum absolute atomic E-state index is 13.5. The van der Waals surface area contributed by atoms with Crippen molar-refractivity contribution >= 4 is 17.4 Å². The van der Waals surface area contributed by atoms with Crippen LogP contribution in [0.1, 0.15) is 17.3 Å². The maximum atomic E-state index is 13.5. The predicted molar refractivity (Wildman–Crippen MR) is 63.2 cm³/mol. The van der Waals surface area contributed by atoms with Crippen molar-refractivity contribution in [2.75, 3.05) is 14.1 Å². The van der Waals surface area contributed by atoms with Gasteiger partial charge < -0.3 is 4.90 Å². The fourth-order valence-electron chi connectivity index (χ4n) is 1.09. The SMILES string of the molecule is C/C(=C/C(=O)c1cccc(Cl)c1F)N(C)C. The Balaban J connectivity index is 3.07. The third kappa shape index (κ3) is 2.83. The van der Waals surface area contributed by atoms with Crippen LogP contribution >= 0.6 is 11.6 Å². The van der Waals surface area contributed by atoms with E-state index in [0.717, 1.165) is 5.70 Å². The van der Waals surface area contributed by atoms with Crippen molar-refractivity contribution < 1.29 is 9.18 Å². The first-order chi connectivity index (χ1) is 7.43. The zero-order chi connectivity index (χ0) is 12.3. The van der Waals surface area contributed by atoms with Gasteiger partial charge in [0.25, 0.3) is 0 Å². The molecule has 1 rings (SSSR count). The largest absolute Gasteiger partial charge is 0.381 e. The van der Waals surface area contributed by atoms with E-state index in [0.29, 0.717) is 0 Å². The molecule has 16 heavy (non-hydrogen) atoms. The van der Waals surface area contributed by atoms with Gasteiger partial charge in [0, 0.05) is 25.9 Å². The lowest BCUT2D eigenvalue weighted by Gasteiger charge is -2.12. The lowest BCUT2D eigenvalue weighted by molar-refractivity contribution is 0.104. The molecule has 0 radical (unpaired) electrons. The molecule has 0 aliphatic rings. The Morgan fingerprint density at radius 3 is 2.62 bits per heavy atom. The minimum atomic E-state index is -0.669. The molecule has 2 nitrogen and oxygen atoms in total. The highest BCUT2D eigenvalue weighted by Gasteiger charge is 2.12. The summed E-state index contributed by atoms with van der Waals surface area (Å²) in [6.07, 6.45) is 1.38. The average molecular weight is 242 g/mol. The van der Waals surface area contributed by atoms with Gasteiger partial charge in [-0.1, -0.05) is 17.7 Å². The van der Waals surface area contributed by atoms with E-state index in [4.69, 9.17) is 11.6 Å². The molecule has 0 amide bonds. The van der Waals surface area contributed by atoms with Gasteiger partial charge in [0.1, 0.15) is 0 Å². The number of hydrogen-bond donors (Lipinski definition) is 0. The first-order valence-electron chi connectivity index (χ1n) is 4.77. The van der Waals surface area contributed by atoms with E-state index in [-0.39, 0.29) is 16.4 Å². The molecule has 4 heteroatoms. The number of hydrogen-bond acceptors (Lipinski definition) is 2. The zero-order valence-corrected chi connectivity index (χ0v) is 10.2. The Labute approximate surface area is 99.3 Å². The topological polar surface area (TPSA) is 20.3 Å². The Morgan fingerprint density at radius 2 is 2.06 bits per heavy atom. The fraction of sp³-hybridized carbons (Fsp3) is 0.250. The second-order valence-corrected chi connectivity index (χ2v) is 4.05. The van der Waals surface area contributed by atoms with Crippen LogP contribution in [-0.4, -0.2) is 24.8 Å². The summed E-state index contributed by atoms with van der Waals surface area (Å²) in [5, 5.41) is -0.0400. The normalized spacial score (nSPS) is 11.4. The van der Waals surface area contributed by atoms with Gasteiger partial charge in [-0.3, -0.25) is 4.79 Å². The van der Waals surface area contributed by atoms with E-state index >= 15 is 0 Å². The second-order valence-electron chi connectivity index (χ2n) is 3.65. The third-order valence-corrected chi connectivity index (χ3v) is 2.55. The number of allylic oxidation sites excluding steroid dienone is 2. The molecule has 0 atom stereocenters. The number of benzene rings is 1. The highest BCUT2D eigenvalue weighted by atomic mass is 35.5. The van der Waals surface area contributed by atoms with Crippen LogP contribution in [0, 0.1) is 5.82 Å². The molecular formula is C12H13ClFNO. The molecule has 0 bridgehead atoms. The molecule has 0 spiro atoms. The molecule has 0 fully saturated rings. The number of rotatable bonds is 3. The van der Waals surface area contributed by atoms with Crippen LogP contribution < -0.4 is 0 Å². The molecule has 0 saturated carbocycles. The molecule has 0 aliphatic heterocycles. The van der Waals surface area contributed by atoms with Crippen LogP contribution in [0.15, 0.2) is 30.0 Å². The van der Waals surface area contributed by atoms with Crippen LogP contribution in [0.25, 0.3) is 0 Å². The second kappa shape index (κ2) is 5.12. The number of carbonyl (C=O) groups excluding carboxylic acids is 1. The highest BCUT2D eigenvalue weighted by Crippen LogP contribution is 2.19. The van der Waals surface area contributed by atoms with Crippen molar-refractivity contribution in [1.82, 2.24) is 4.90 Å². The Kier molecular flexibility index (Phi) is 4.07. The van der Waals surface area contributed by atoms with E-state index < -0.39 is 5.82 Å². The van der Waals surface area contributed by atoms with E-state index in [1.165, 1.54) is 18.2 Å². The monoisotopic (exact) mass is 241 g/mol. The van der Waals surface area contributed by atoms with Gasteiger partial charge in [-0.2, -0.15) is 0 Å². The number of carbonyl (C=O) groups is 1. The fourth-order valence-corrected chi connectivity index (χ4v) is 1.27. The standard InChI is InChI=1S/C12H13ClFNO/c1-8(15(2)3)7-11(16)9-5-4-6-10(13)12(9)14/h4-7H,1-3H3/b8-7-.